The third-order valence-corrected chi connectivity index (χ3v) is 3.05. The van der Waals surface area contributed by atoms with E-state index in [1.54, 1.807) is 0 Å². The van der Waals surface area contributed by atoms with Gasteiger partial charge in [-0.1, -0.05) is 0 Å². The van der Waals surface area contributed by atoms with Crippen LogP contribution in [0.3, 0.4) is 0 Å². The lowest BCUT2D eigenvalue weighted by Gasteiger charge is -2.12. The fourth-order valence-corrected chi connectivity index (χ4v) is 1.97. The van der Waals surface area contributed by atoms with Gasteiger partial charge < -0.3 is 0 Å². The van der Waals surface area contributed by atoms with Gasteiger partial charge in [-0.2, -0.15) is 9.98 Å². The largest absolute Gasteiger partial charge is 0.240 e. The molecular formula is C14F8N2O2. The van der Waals surface area contributed by atoms with Gasteiger partial charge in [-0.25, -0.2) is 44.7 Å². The predicted molar refractivity (Wildman–Crippen MR) is 67.1 cm³/mol. The van der Waals surface area contributed by atoms with Crippen LogP contribution in [0.25, 0.3) is 11.1 Å². The van der Waals surface area contributed by atoms with Crippen LogP contribution >= 0.6 is 0 Å². The predicted octanol–water partition coefficient (Wildman–Crippen LogP) is 4.40. The molecule has 2 aromatic rings. The number of nitrogens with zero attached hydrogens (tertiary/aromatic N) is 2. The monoisotopic (exact) mass is 380 g/mol. The Morgan fingerprint density at radius 1 is 0.462 bits per heavy atom. The van der Waals surface area contributed by atoms with E-state index in [1.807, 2.05) is 0 Å². The molecule has 0 aliphatic rings. The highest BCUT2D eigenvalue weighted by atomic mass is 19.2. The van der Waals surface area contributed by atoms with E-state index in [4.69, 9.17) is 0 Å². The summed E-state index contributed by atoms with van der Waals surface area (Å²) in [4.78, 5) is 24.7. The van der Waals surface area contributed by atoms with Gasteiger partial charge in [-0.15, -0.1) is 0 Å². The molecule has 0 aliphatic heterocycles. The number of halogens is 8. The first-order valence-electron chi connectivity index (χ1n) is 6.06. The maximum absolute atomic E-state index is 13.9. The van der Waals surface area contributed by atoms with Gasteiger partial charge >= 0.3 is 0 Å². The highest BCUT2D eigenvalue weighted by Crippen LogP contribution is 2.41. The number of hydrogen-bond donors (Lipinski definition) is 0. The van der Waals surface area contributed by atoms with Gasteiger partial charge in [0.2, 0.25) is 12.2 Å². The lowest BCUT2D eigenvalue weighted by Crippen LogP contribution is -2.06. The first-order valence-corrected chi connectivity index (χ1v) is 6.06. The minimum Gasteiger partial charge on any atom is -0.211 e. The quantitative estimate of drug-likeness (QED) is 0.343. The minimum absolute atomic E-state index is 0.586. The number of benzene rings is 2. The van der Waals surface area contributed by atoms with E-state index in [2.05, 4.69) is 9.98 Å². The Bertz CT molecular complexity index is 899. The van der Waals surface area contributed by atoms with Crippen molar-refractivity contribution in [2.75, 3.05) is 0 Å². The smallest absolute Gasteiger partial charge is 0.211 e. The number of carbonyl (C=O) groups excluding carboxylic acids is 2. The van der Waals surface area contributed by atoms with Crippen LogP contribution in [0, 0.1) is 46.5 Å². The van der Waals surface area contributed by atoms with Crippen LogP contribution in [0.15, 0.2) is 9.98 Å². The molecule has 0 aromatic heterocycles. The summed E-state index contributed by atoms with van der Waals surface area (Å²) < 4.78 is 111. The van der Waals surface area contributed by atoms with Gasteiger partial charge in [0.1, 0.15) is 0 Å². The fourth-order valence-electron chi connectivity index (χ4n) is 1.97. The van der Waals surface area contributed by atoms with Crippen molar-refractivity contribution >= 4 is 23.5 Å². The highest BCUT2D eigenvalue weighted by Gasteiger charge is 2.34. The molecule has 0 fully saturated rings. The highest BCUT2D eigenvalue weighted by molar-refractivity contribution is 5.72. The van der Waals surface area contributed by atoms with Crippen LogP contribution in [0.4, 0.5) is 46.5 Å². The average molecular weight is 380 g/mol. The zero-order chi connectivity index (χ0) is 19.8. The third kappa shape index (κ3) is 2.67. The van der Waals surface area contributed by atoms with Crippen molar-refractivity contribution in [2.45, 2.75) is 0 Å². The first-order chi connectivity index (χ1) is 12.2. The van der Waals surface area contributed by atoms with Crippen molar-refractivity contribution in [3.05, 3.63) is 46.5 Å². The normalized spacial score (nSPS) is 10.3. The van der Waals surface area contributed by atoms with E-state index in [0.717, 1.165) is 0 Å². The van der Waals surface area contributed by atoms with Gasteiger partial charge in [0.15, 0.2) is 57.9 Å². The molecule has 0 heterocycles. The molecule has 0 atom stereocenters. The molecule has 26 heavy (non-hydrogen) atoms. The van der Waals surface area contributed by atoms with E-state index in [9.17, 15) is 44.7 Å². The van der Waals surface area contributed by atoms with Crippen LogP contribution in [0.5, 0.6) is 0 Å². The molecule has 0 aliphatic carbocycles. The summed E-state index contributed by atoms with van der Waals surface area (Å²) in [5, 5.41) is 0. The van der Waals surface area contributed by atoms with Gasteiger partial charge in [-0.05, 0) is 0 Å². The lowest BCUT2D eigenvalue weighted by atomic mass is 10.00. The maximum Gasteiger partial charge on any atom is 0.240 e. The summed E-state index contributed by atoms with van der Waals surface area (Å²) in [6, 6.07) is 0. The van der Waals surface area contributed by atoms with Crippen molar-refractivity contribution in [1.82, 2.24) is 0 Å². The Kier molecular flexibility index (Phi) is 5.01. The topological polar surface area (TPSA) is 58.9 Å². The summed E-state index contributed by atoms with van der Waals surface area (Å²) in [5.74, 6) is -19.5. The van der Waals surface area contributed by atoms with Gasteiger partial charge in [-0.3, -0.25) is 0 Å². The molecule has 0 N–H and O–H groups in total. The van der Waals surface area contributed by atoms with Crippen LogP contribution in [-0.2, 0) is 9.59 Å². The van der Waals surface area contributed by atoms with Crippen molar-refractivity contribution in [3.63, 3.8) is 0 Å². The molecule has 2 aromatic carbocycles. The van der Waals surface area contributed by atoms with E-state index in [-0.39, 0.29) is 0 Å². The summed E-state index contributed by atoms with van der Waals surface area (Å²) in [6.07, 6.45) is 1.17. The van der Waals surface area contributed by atoms with Crippen LogP contribution in [-0.4, -0.2) is 12.2 Å². The van der Waals surface area contributed by atoms with Gasteiger partial charge in [0.05, 0.1) is 11.1 Å². The number of isocyanates is 2. The second kappa shape index (κ2) is 6.87. The molecule has 0 amide bonds. The fraction of sp³-hybridized carbons (Fsp3) is 0. The average Bonchev–Trinajstić information content (AvgIpc) is 2.62. The van der Waals surface area contributed by atoms with Crippen molar-refractivity contribution in [2.24, 2.45) is 9.98 Å². The summed E-state index contributed by atoms with van der Waals surface area (Å²) in [7, 11) is 0. The number of rotatable bonds is 3. The van der Waals surface area contributed by atoms with Crippen molar-refractivity contribution in [1.29, 1.82) is 0 Å². The van der Waals surface area contributed by atoms with E-state index in [1.165, 1.54) is 0 Å². The van der Waals surface area contributed by atoms with Crippen LogP contribution in [0.1, 0.15) is 0 Å². The standard InChI is InChI=1S/C14F8N2O2/c15-5-3(6(16)10(20)13(9(5)19)23-1-25)4-7(17)11(21)14(24-2-26)12(22)8(4)18. The Morgan fingerprint density at radius 2 is 0.692 bits per heavy atom. The maximum atomic E-state index is 13.9. The molecule has 0 spiro atoms. The van der Waals surface area contributed by atoms with Crippen LogP contribution < -0.4 is 0 Å². The van der Waals surface area contributed by atoms with E-state index in [0.29, 0.717) is 12.2 Å². The molecule has 0 radical (unpaired) electrons. The molecule has 134 valence electrons. The Hall–Kier alpha value is -3.36. The second-order valence-corrected chi connectivity index (χ2v) is 4.37. The summed E-state index contributed by atoms with van der Waals surface area (Å²) >= 11 is 0. The SMILES string of the molecule is O=C=Nc1c(F)c(F)c(-c2c(F)c(F)c(N=C=O)c(F)c2F)c(F)c1F. The molecule has 2 rings (SSSR count). The molecule has 0 saturated heterocycles. The molecule has 4 nitrogen and oxygen atoms in total. The number of aliphatic imine (C=N–C) groups is 2. The lowest BCUT2D eigenvalue weighted by molar-refractivity contribution is 0.445. The third-order valence-electron chi connectivity index (χ3n) is 3.05. The first kappa shape index (κ1) is 19.0. The number of hydrogen-bond acceptors (Lipinski definition) is 4. The zero-order valence-electron chi connectivity index (χ0n) is 11.7. The Labute approximate surface area is 137 Å². The Morgan fingerprint density at radius 3 is 0.885 bits per heavy atom. The molecular weight excluding hydrogens is 380 g/mol. The zero-order valence-corrected chi connectivity index (χ0v) is 11.7. The summed E-state index contributed by atoms with van der Waals surface area (Å²) in [6.45, 7) is 0. The second-order valence-electron chi connectivity index (χ2n) is 4.37. The van der Waals surface area contributed by atoms with Gasteiger partial charge in [0, 0.05) is 0 Å². The molecule has 0 saturated carbocycles. The van der Waals surface area contributed by atoms with E-state index >= 15 is 0 Å². The minimum atomic E-state index is -2.50. The van der Waals surface area contributed by atoms with Gasteiger partial charge in [0.25, 0.3) is 0 Å². The van der Waals surface area contributed by atoms with Crippen LogP contribution in [0.2, 0.25) is 0 Å². The van der Waals surface area contributed by atoms with E-state index < -0.39 is 69.0 Å². The molecule has 0 bridgehead atoms. The molecule has 12 heteroatoms. The Balaban J connectivity index is 3.04. The van der Waals surface area contributed by atoms with Crippen molar-refractivity contribution in [3.8, 4) is 11.1 Å². The summed E-state index contributed by atoms with van der Waals surface area (Å²) in [5.41, 5.74) is -7.94. The molecule has 0 unspecified atom stereocenters. The van der Waals surface area contributed by atoms with Crippen molar-refractivity contribution < 1.29 is 44.7 Å².